The molecule has 0 aliphatic carbocycles. The van der Waals surface area contributed by atoms with Crippen molar-refractivity contribution < 1.29 is 0 Å². The van der Waals surface area contributed by atoms with E-state index in [-0.39, 0.29) is 0 Å². The van der Waals surface area contributed by atoms with Crippen LogP contribution in [0, 0.1) is 0 Å². The Labute approximate surface area is 125 Å². The van der Waals surface area contributed by atoms with Gasteiger partial charge in [-0.15, -0.1) is 0 Å². The molecule has 1 aromatic heterocycles. The summed E-state index contributed by atoms with van der Waals surface area (Å²) in [4.78, 5) is 6.82. The summed E-state index contributed by atoms with van der Waals surface area (Å²) in [5.41, 5.74) is 5.37. The standard InChI is InChI=1S/C19H18N2/c1-21-12-16-5-2-3-7-17(16)18(13-21)14-8-9-19-15(11-14)6-4-10-20-19/h2-11,18H,12-13H2,1H3/t18-/m1/s1. The molecule has 0 amide bonds. The van der Waals surface area contributed by atoms with Gasteiger partial charge in [-0.05, 0) is 41.9 Å². The molecule has 2 nitrogen and oxygen atoms in total. The predicted octanol–water partition coefficient (Wildman–Crippen LogP) is 3.81. The first kappa shape index (κ1) is 12.5. The molecule has 2 heteroatoms. The fraction of sp³-hybridized carbons (Fsp3) is 0.211. The van der Waals surface area contributed by atoms with Crippen molar-refractivity contribution in [3.8, 4) is 0 Å². The van der Waals surface area contributed by atoms with Crippen LogP contribution in [-0.2, 0) is 6.54 Å². The van der Waals surface area contributed by atoms with Crippen molar-refractivity contribution >= 4 is 10.9 Å². The van der Waals surface area contributed by atoms with Crippen molar-refractivity contribution in [1.29, 1.82) is 0 Å². The van der Waals surface area contributed by atoms with Crippen LogP contribution in [0.2, 0.25) is 0 Å². The van der Waals surface area contributed by atoms with E-state index < -0.39 is 0 Å². The van der Waals surface area contributed by atoms with Crippen LogP contribution in [0.15, 0.2) is 60.8 Å². The highest BCUT2D eigenvalue weighted by Crippen LogP contribution is 2.33. The van der Waals surface area contributed by atoms with Gasteiger partial charge in [-0.25, -0.2) is 0 Å². The number of nitrogens with zero attached hydrogens (tertiary/aromatic N) is 2. The third-order valence-electron chi connectivity index (χ3n) is 4.39. The van der Waals surface area contributed by atoms with E-state index in [1.54, 1.807) is 0 Å². The molecule has 104 valence electrons. The molecule has 1 aliphatic rings. The fourth-order valence-corrected chi connectivity index (χ4v) is 3.38. The van der Waals surface area contributed by atoms with Crippen molar-refractivity contribution in [1.82, 2.24) is 9.88 Å². The number of hydrogen-bond acceptors (Lipinski definition) is 2. The van der Waals surface area contributed by atoms with Gasteiger partial charge in [0, 0.05) is 30.6 Å². The Hall–Kier alpha value is -2.19. The normalized spacial score (nSPS) is 18.6. The van der Waals surface area contributed by atoms with E-state index in [0.717, 1.165) is 18.6 Å². The Morgan fingerprint density at radius 2 is 1.95 bits per heavy atom. The molecule has 3 aromatic rings. The summed E-state index contributed by atoms with van der Waals surface area (Å²) in [6, 6.07) is 19.6. The number of fused-ring (bicyclic) bond motifs is 2. The zero-order chi connectivity index (χ0) is 14.2. The Bertz CT molecular complexity index is 794. The number of aromatic nitrogens is 1. The first-order chi connectivity index (χ1) is 10.3. The van der Waals surface area contributed by atoms with Gasteiger partial charge in [0.1, 0.15) is 0 Å². The van der Waals surface area contributed by atoms with E-state index in [1.807, 2.05) is 12.3 Å². The van der Waals surface area contributed by atoms with Crippen LogP contribution < -0.4 is 0 Å². The second-order valence-corrected chi connectivity index (χ2v) is 5.90. The molecular weight excluding hydrogens is 256 g/mol. The fourth-order valence-electron chi connectivity index (χ4n) is 3.38. The monoisotopic (exact) mass is 274 g/mol. The van der Waals surface area contributed by atoms with Crippen LogP contribution in [0.25, 0.3) is 10.9 Å². The van der Waals surface area contributed by atoms with E-state index in [2.05, 4.69) is 65.5 Å². The average Bonchev–Trinajstić information content (AvgIpc) is 2.53. The van der Waals surface area contributed by atoms with Gasteiger partial charge in [-0.2, -0.15) is 0 Å². The first-order valence-corrected chi connectivity index (χ1v) is 7.42. The van der Waals surface area contributed by atoms with Crippen LogP contribution in [-0.4, -0.2) is 23.5 Å². The Morgan fingerprint density at radius 3 is 2.90 bits per heavy atom. The molecule has 0 saturated carbocycles. The number of pyridine rings is 1. The minimum atomic E-state index is 0.449. The zero-order valence-electron chi connectivity index (χ0n) is 12.2. The van der Waals surface area contributed by atoms with E-state index in [0.29, 0.717) is 5.92 Å². The molecule has 21 heavy (non-hydrogen) atoms. The van der Waals surface area contributed by atoms with Gasteiger partial charge in [0.2, 0.25) is 0 Å². The second kappa shape index (κ2) is 4.97. The van der Waals surface area contributed by atoms with Crippen LogP contribution in [0.4, 0.5) is 0 Å². The molecule has 0 fully saturated rings. The highest BCUT2D eigenvalue weighted by molar-refractivity contribution is 5.79. The lowest BCUT2D eigenvalue weighted by Gasteiger charge is -2.32. The van der Waals surface area contributed by atoms with E-state index >= 15 is 0 Å². The lowest BCUT2D eigenvalue weighted by molar-refractivity contribution is 0.295. The van der Waals surface area contributed by atoms with Crippen molar-refractivity contribution in [2.45, 2.75) is 12.5 Å². The van der Waals surface area contributed by atoms with Crippen LogP contribution >= 0.6 is 0 Å². The van der Waals surface area contributed by atoms with Gasteiger partial charge in [-0.1, -0.05) is 36.4 Å². The minimum absolute atomic E-state index is 0.449. The average molecular weight is 274 g/mol. The van der Waals surface area contributed by atoms with E-state index in [1.165, 1.54) is 22.1 Å². The third-order valence-corrected chi connectivity index (χ3v) is 4.39. The highest BCUT2D eigenvalue weighted by atomic mass is 15.1. The van der Waals surface area contributed by atoms with E-state index in [9.17, 15) is 0 Å². The summed E-state index contributed by atoms with van der Waals surface area (Å²) in [6.07, 6.45) is 1.85. The van der Waals surface area contributed by atoms with Crippen LogP contribution in [0.5, 0.6) is 0 Å². The maximum atomic E-state index is 4.42. The first-order valence-electron chi connectivity index (χ1n) is 7.42. The van der Waals surface area contributed by atoms with Crippen molar-refractivity contribution in [2.75, 3.05) is 13.6 Å². The van der Waals surface area contributed by atoms with Gasteiger partial charge < -0.3 is 4.90 Å². The Morgan fingerprint density at radius 1 is 1.05 bits per heavy atom. The Kier molecular flexibility index (Phi) is 2.97. The zero-order valence-corrected chi connectivity index (χ0v) is 12.2. The molecule has 0 bridgehead atoms. The van der Waals surface area contributed by atoms with E-state index in [4.69, 9.17) is 0 Å². The van der Waals surface area contributed by atoms with Gasteiger partial charge >= 0.3 is 0 Å². The Balaban J connectivity index is 1.84. The maximum absolute atomic E-state index is 4.42. The lowest BCUT2D eigenvalue weighted by Crippen LogP contribution is -2.30. The van der Waals surface area contributed by atoms with Crippen molar-refractivity contribution in [2.24, 2.45) is 0 Å². The van der Waals surface area contributed by atoms with Crippen LogP contribution in [0.1, 0.15) is 22.6 Å². The molecular formula is C19H18N2. The van der Waals surface area contributed by atoms with Gasteiger partial charge in [0.15, 0.2) is 0 Å². The van der Waals surface area contributed by atoms with Gasteiger partial charge in [0.05, 0.1) is 5.52 Å². The highest BCUT2D eigenvalue weighted by Gasteiger charge is 2.24. The quantitative estimate of drug-likeness (QED) is 0.671. The number of benzene rings is 2. The van der Waals surface area contributed by atoms with Gasteiger partial charge in [-0.3, -0.25) is 4.98 Å². The molecule has 1 aliphatic heterocycles. The van der Waals surface area contributed by atoms with Gasteiger partial charge in [0.25, 0.3) is 0 Å². The molecule has 0 N–H and O–H groups in total. The molecule has 0 saturated heterocycles. The summed E-state index contributed by atoms with van der Waals surface area (Å²) in [6.45, 7) is 2.12. The van der Waals surface area contributed by atoms with Crippen molar-refractivity contribution in [3.05, 3.63) is 77.5 Å². The van der Waals surface area contributed by atoms with Crippen molar-refractivity contribution in [3.63, 3.8) is 0 Å². The summed E-state index contributed by atoms with van der Waals surface area (Å²) < 4.78 is 0. The summed E-state index contributed by atoms with van der Waals surface area (Å²) in [7, 11) is 2.20. The number of hydrogen-bond donors (Lipinski definition) is 0. The topological polar surface area (TPSA) is 16.1 Å². The summed E-state index contributed by atoms with van der Waals surface area (Å²) in [5, 5.41) is 1.22. The number of rotatable bonds is 1. The second-order valence-electron chi connectivity index (χ2n) is 5.90. The number of likely N-dealkylation sites (N-methyl/N-ethyl adjacent to an activating group) is 1. The molecule has 0 unspecified atom stereocenters. The lowest BCUT2D eigenvalue weighted by atomic mass is 9.84. The molecule has 0 radical (unpaired) electrons. The SMILES string of the molecule is CN1Cc2ccccc2[C@@H](c2ccc3ncccc3c2)C1. The molecule has 4 rings (SSSR count). The molecule has 0 spiro atoms. The minimum Gasteiger partial charge on any atom is -0.301 e. The summed E-state index contributed by atoms with van der Waals surface area (Å²) in [5.74, 6) is 0.449. The molecule has 1 atom stereocenters. The smallest absolute Gasteiger partial charge is 0.0702 e. The molecule has 2 heterocycles. The summed E-state index contributed by atoms with van der Waals surface area (Å²) >= 11 is 0. The largest absolute Gasteiger partial charge is 0.301 e. The third kappa shape index (κ3) is 2.22. The van der Waals surface area contributed by atoms with Crippen LogP contribution in [0.3, 0.4) is 0 Å². The molecule has 2 aromatic carbocycles. The maximum Gasteiger partial charge on any atom is 0.0702 e. The predicted molar refractivity (Wildman–Crippen MR) is 86.4 cm³/mol.